The Balaban J connectivity index is 1.95. The number of primary amides is 1. The summed E-state index contributed by atoms with van der Waals surface area (Å²) in [6.07, 6.45) is -3.63. The standard InChI is InChI=1S/C14H18F3N3O/c15-14(16,17)9-20-7-6-11(8-20)19-12(13(18)21)10-4-2-1-3-5-10/h1-5,11-12,19H,6-9H2,(H2,18,21). The number of carbonyl (C=O) groups is 1. The highest BCUT2D eigenvalue weighted by Gasteiger charge is 2.35. The van der Waals surface area contributed by atoms with Crippen LogP contribution in [-0.4, -0.2) is 42.7 Å². The van der Waals surface area contributed by atoms with E-state index in [-0.39, 0.29) is 12.6 Å². The highest BCUT2D eigenvalue weighted by Crippen LogP contribution is 2.21. The fourth-order valence-electron chi connectivity index (χ4n) is 2.59. The summed E-state index contributed by atoms with van der Waals surface area (Å²) in [5.41, 5.74) is 6.11. The number of benzene rings is 1. The largest absolute Gasteiger partial charge is 0.401 e. The molecule has 1 aliphatic heterocycles. The second-order valence-electron chi connectivity index (χ2n) is 5.25. The number of halogens is 3. The van der Waals surface area contributed by atoms with Gasteiger partial charge in [-0.3, -0.25) is 15.0 Å². The molecule has 2 atom stereocenters. The Morgan fingerprint density at radius 1 is 1.38 bits per heavy atom. The van der Waals surface area contributed by atoms with Gasteiger partial charge in [-0.05, 0) is 12.0 Å². The smallest absolute Gasteiger partial charge is 0.368 e. The summed E-state index contributed by atoms with van der Waals surface area (Å²) in [5.74, 6) is -0.532. The zero-order valence-electron chi connectivity index (χ0n) is 11.4. The molecule has 0 saturated carbocycles. The van der Waals surface area contributed by atoms with Crippen molar-refractivity contribution in [3.63, 3.8) is 0 Å². The van der Waals surface area contributed by atoms with Crippen LogP contribution in [0.15, 0.2) is 30.3 Å². The molecule has 0 spiro atoms. The lowest BCUT2D eigenvalue weighted by Gasteiger charge is -2.22. The molecule has 7 heteroatoms. The van der Waals surface area contributed by atoms with Crippen LogP contribution in [0.1, 0.15) is 18.0 Å². The third kappa shape index (κ3) is 4.71. The van der Waals surface area contributed by atoms with Gasteiger partial charge in [-0.1, -0.05) is 30.3 Å². The van der Waals surface area contributed by atoms with Crippen LogP contribution in [-0.2, 0) is 4.79 Å². The Kier molecular flexibility index (Phi) is 4.84. The van der Waals surface area contributed by atoms with Crippen LogP contribution in [0.3, 0.4) is 0 Å². The molecule has 1 aromatic carbocycles. The van der Waals surface area contributed by atoms with Crippen molar-refractivity contribution in [3.05, 3.63) is 35.9 Å². The number of rotatable bonds is 5. The van der Waals surface area contributed by atoms with Gasteiger partial charge in [0.25, 0.3) is 0 Å². The fourth-order valence-corrected chi connectivity index (χ4v) is 2.59. The maximum Gasteiger partial charge on any atom is 0.401 e. The molecule has 116 valence electrons. The average Bonchev–Trinajstić information content (AvgIpc) is 2.81. The lowest BCUT2D eigenvalue weighted by Crippen LogP contribution is -2.42. The van der Waals surface area contributed by atoms with Crippen LogP contribution in [0, 0.1) is 0 Å². The molecule has 0 radical (unpaired) electrons. The van der Waals surface area contributed by atoms with E-state index in [2.05, 4.69) is 5.32 Å². The number of likely N-dealkylation sites (tertiary alicyclic amines) is 1. The number of hydrogen-bond donors (Lipinski definition) is 2. The molecule has 2 rings (SSSR count). The number of carbonyl (C=O) groups excluding carboxylic acids is 1. The van der Waals surface area contributed by atoms with Gasteiger partial charge in [0.05, 0.1) is 6.54 Å². The molecule has 1 aromatic rings. The van der Waals surface area contributed by atoms with Crippen LogP contribution in [0.5, 0.6) is 0 Å². The van der Waals surface area contributed by atoms with Crippen molar-refractivity contribution < 1.29 is 18.0 Å². The van der Waals surface area contributed by atoms with Crippen molar-refractivity contribution in [1.29, 1.82) is 0 Å². The van der Waals surface area contributed by atoms with Gasteiger partial charge in [0.1, 0.15) is 6.04 Å². The Labute approximate surface area is 121 Å². The van der Waals surface area contributed by atoms with Crippen molar-refractivity contribution in [2.24, 2.45) is 5.73 Å². The van der Waals surface area contributed by atoms with Gasteiger partial charge in [-0.25, -0.2) is 0 Å². The SMILES string of the molecule is NC(=O)C(NC1CCN(CC(F)(F)F)C1)c1ccccc1. The van der Waals surface area contributed by atoms with Gasteiger partial charge in [0.2, 0.25) is 5.91 Å². The number of nitrogens with one attached hydrogen (secondary N) is 1. The van der Waals surface area contributed by atoms with E-state index in [1.54, 1.807) is 24.3 Å². The van der Waals surface area contributed by atoms with E-state index in [0.717, 1.165) is 5.56 Å². The first-order valence-electron chi connectivity index (χ1n) is 6.74. The third-order valence-electron chi connectivity index (χ3n) is 3.50. The zero-order chi connectivity index (χ0) is 15.5. The molecular weight excluding hydrogens is 283 g/mol. The minimum absolute atomic E-state index is 0.176. The van der Waals surface area contributed by atoms with E-state index < -0.39 is 24.7 Å². The fraction of sp³-hybridized carbons (Fsp3) is 0.500. The van der Waals surface area contributed by atoms with Crippen molar-refractivity contribution in [3.8, 4) is 0 Å². The first-order valence-corrected chi connectivity index (χ1v) is 6.74. The number of amides is 1. The van der Waals surface area contributed by atoms with E-state index in [1.165, 1.54) is 4.90 Å². The predicted molar refractivity (Wildman–Crippen MR) is 72.4 cm³/mol. The zero-order valence-corrected chi connectivity index (χ0v) is 11.4. The maximum atomic E-state index is 12.4. The average molecular weight is 301 g/mol. The van der Waals surface area contributed by atoms with Crippen molar-refractivity contribution >= 4 is 5.91 Å². The number of hydrogen-bond acceptors (Lipinski definition) is 3. The number of alkyl halides is 3. The topological polar surface area (TPSA) is 58.4 Å². The molecule has 1 heterocycles. The third-order valence-corrected chi connectivity index (χ3v) is 3.50. The Morgan fingerprint density at radius 2 is 2.05 bits per heavy atom. The first kappa shape index (κ1) is 15.8. The minimum atomic E-state index is -4.20. The van der Waals surface area contributed by atoms with Crippen molar-refractivity contribution in [2.75, 3.05) is 19.6 Å². The van der Waals surface area contributed by atoms with Crippen LogP contribution < -0.4 is 11.1 Å². The lowest BCUT2D eigenvalue weighted by molar-refractivity contribution is -0.143. The van der Waals surface area contributed by atoms with Gasteiger partial charge in [0, 0.05) is 19.1 Å². The van der Waals surface area contributed by atoms with Crippen LogP contribution >= 0.6 is 0 Å². The normalized spacial score (nSPS) is 21.4. The molecule has 4 nitrogen and oxygen atoms in total. The van der Waals surface area contributed by atoms with Gasteiger partial charge < -0.3 is 5.73 Å². The van der Waals surface area contributed by atoms with Crippen LogP contribution in [0.2, 0.25) is 0 Å². The van der Waals surface area contributed by atoms with E-state index in [0.29, 0.717) is 13.0 Å². The van der Waals surface area contributed by atoms with Gasteiger partial charge >= 0.3 is 6.18 Å². The molecule has 1 saturated heterocycles. The Bertz CT molecular complexity index is 478. The summed E-state index contributed by atoms with van der Waals surface area (Å²) in [6, 6.07) is 8.08. The maximum absolute atomic E-state index is 12.4. The van der Waals surface area contributed by atoms with Gasteiger partial charge in [-0.2, -0.15) is 13.2 Å². The molecule has 1 aliphatic rings. The van der Waals surface area contributed by atoms with Crippen LogP contribution in [0.4, 0.5) is 13.2 Å². The summed E-state index contributed by atoms with van der Waals surface area (Å²) in [4.78, 5) is 12.9. The second-order valence-corrected chi connectivity index (χ2v) is 5.25. The molecule has 0 aliphatic carbocycles. The van der Waals surface area contributed by atoms with E-state index in [1.807, 2.05) is 6.07 Å². The molecule has 1 amide bonds. The molecule has 2 unspecified atom stereocenters. The molecule has 21 heavy (non-hydrogen) atoms. The quantitative estimate of drug-likeness (QED) is 0.865. The van der Waals surface area contributed by atoms with Crippen molar-refractivity contribution in [2.45, 2.75) is 24.7 Å². The number of nitrogens with two attached hydrogens (primary N) is 1. The summed E-state index contributed by atoms with van der Waals surface area (Å²) < 4.78 is 37.1. The molecule has 0 aromatic heterocycles. The number of nitrogens with zero attached hydrogens (tertiary/aromatic N) is 1. The minimum Gasteiger partial charge on any atom is -0.368 e. The monoisotopic (exact) mass is 301 g/mol. The predicted octanol–water partition coefficient (Wildman–Crippen LogP) is 1.44. The molecular formula is C14H18F3N3O. The second kappa shape index (κ2) is 6.44. The summed E-state index contributed by atoms with van der Waals surface area (Å²) in [5, 5.41) is 3.06. The van der Waals surface area contributed by atoms with Gasteiger partial charge in [-0.15, -0.1) is 0 Å². The van der Waals surface area contributed by atoms with E-state index in [9.17, 15) is 18.0 Å². The summed E-state index contributed by atoms with van der Waals surface area (Å²) >= 11 is 0. The van der Waals surface area contributed by atoms with E-state index in [4.69, 9.17) is 5.73 Å². The highest BCUT2D eigenvalue weighted by atomic mass is 19.4. The Hall–Kier alpha value is -1.60. The summed E-state index contributed by atoms with van der Waals surface area (Å²) in [7, 11) is 0. The molecule has 3 N–H and O–H groups in total. The summed E-state index contributed by atoms with van der Waals surface area (Å²) in [6.45, 7) is -0.300. The van der Waals surface area contributed by atoms with E-state index >= 15 is 0 Å². The first-order chi connectivity index (χ1) is 9.85. The van der Waals surface area contributed by atoms with Crippen LogP contribution in [0.25, 0.3) is 0 Å². The van der Waals surface area contributed by atoms with Gasteiger partial charge in [0.15, 0.2) is 0 Å². The highest BCUT2D eigenvalue weighted by molar-refractivity contribution is 5.81. The molecule has 1 fully saturated rings. The Morgan fingerprint density at radius 3 is 2.62 bits per heavy atom. The lowest BCUT2D eigenvalue weighted by atomic mass is 10.1. The van der Waals surface area contributed by atoms with Crippen molar-refractivity contribution in [1.82, 2.24) is 10.2 Å². The molecule has 0 bridgehead atoms.